The number of hydrogen-bond acceptors (Lipinski definition) is 3. The topological polar surface area (TPSA) is 62.7 Å². The maximum absolute atomic E-state index is 13.2. The fraction of sp³-hybridized carbons (Fsp3) is 0. The molecule has 0 saturated carbocycles. The minimum atomic E-state index is -1.58. The molecule has 0 unspecified atom stereocenters. The minimum Gasteiger partial charge on any atom is -0.397 e. The van der Waals surface area contributed by atoms with Crippen LogP contribution >= 0.6 is 0 Å². The van der Waals surface area contributed by atoms with Crippen LogP contribution in [0.2, 0.25) is 0 Å². The largest absolute Gasteiger partial charge is 0.397 e. The summed E-state index contributed by atoms with van der Waals surface area (Å²) in [5.74, 6) is -4.32. The minimum absolute atomic E-state index is 0.00325. The standard InChI is InChI=1S/C14H8F3N3/c15-11-4-9(5-12(16)13(11)17)14(19)10(6-18)8-2-1-3-20-7-8/h1-5,7H,19H2/b14-10-. The van der Waals surface area contributed by atoms with Crippen molar-refractivity contribution in [3.63, 3.8) is 0 Å². The van der Waals surface area contributed by atoms with E-state index in [1.54, 1.807) is 12.1 Å². The zero-order valence-corrected chi connectivity index (χ0v) is 10.1. The van der Waals surface area contributed by atoms with E-state index in [1.165, 1.54) is 12.4 Å². The van der Waals surface area contributed by atoms with Crippen LogP contribution in [0.1, 0.15) is 11.1 Å². The van der Waals surface area contributed by atoms with E-state index in [-0.39, 0.29) is 16.8 Å². The number of hydrogen-bond donors (Lipinski definition) is 1. The molecule has 1 aromatic carbocycles. The lowest BCUT2D eigenvalue weighted by atomic mass is 10.0. The Morgan fingerprint density at radius 1 is 1.15 bits per heavy atom. The number of benzene rings is 1. The van der Waals surface area contributed by atoms with Crippen molar-refractivity contribution in [2.45, 2.75) is 0 Å². The van der Waals surface area contributed by atoms with Crippen LogP contribution in [-0.4, -0.2) is 4.98 Å². The quantitative estimate of drug-likeness (QED) is 0.677. The first-order valence-electron chi connectivity index (χ1n) is 5.49. The summed E-state index contributed by atoms with van der Waals surface area (Å²) in [4.78, 5) is 3.83. The molecule has 0 fully saturated rings. The first-order chi connectivity index (χ1) is 9.54. The molecule has 3 nitrogen and oxygen atoms in total. The highest BCUT2D eigenvalue weighted by molar-refractivity contribution is 5.95. The SMILES string of the molecule is N#C/C(=C(/N)c1cc(F)c(F)c(F)c1)c1cccnc1. The molecule has 100 valence electrons. The van der Waals surface area contributed by atoms with Crippen LogP contribution in [0.25, 0.3) is 11.3 Å². The van der Waals surface area contributed by atoms with Gasteiger partial charge in [-0.1, -0.05) is 6.07 Å². The van der Waals surface area contributed by atoms with Crippen molar-refractivity contribution in [2.75, 3.05) is 0 Å². The number of aromatic nitrogens is 1. The van der Waals surface area contributed by atoms with Gasteiger partial charge in [-0.3, -0.25) is 4.98 Å². The summed E-state index contributed by atoms with van der Waals surface area (Å²) < 4.78 is 39.3. The maximum Gasteiger partial charge on any atom is 0.194 e. The highest BCUT2D eigenvalue weighted by Crippen LogP contribution is 2.24. The van der Waals surface area contributed by atoms with Crippen molar-refractivity contribution in [3.05, 3.63) is 65.2 Å². The Morgan fingerprint density at radius 2 is 1.80 bits per heavy atom. The summed E-state index contributed by atoms with van der Waals surface area (Å²) in [6, 6.07) is 6.49. The van der Waals surface area contributed by atoms with Crippen LogP contribution < -0.4 is 5.73 Å². The molecule has 0 saturated heterocycles. The number of allylic oxidation sites excluding steroid dienone is 1. The number of pyridine rings is 1. The first kappa shape index (κ1) is 13.6. The smallest absolute Gasteiger partial charge is 0.194 e. The van der Waals surface area contributed by atoms with Gasteiger partial charge in [0, 0.05) is 23.5 Å². The van der Waals surface area contributed by atoms with E-state index < -0.39 is 17.5 Å². The normalized spacial score (nSPS) is 11.7. The Hall–Kier alpha value is -2.81. The molecule has 2 N–H and O–H groups in total. The van der Waals surface area contributed by atoms with Gasteiger partial charge in [-0.2, -0.15) is 5.26 Å². The number of nitrogens with two attached hydrogens (primary N) is 1. The Labute approximate surface area is 112 Å². The van der Waals surface area contributed by atoms with E-state index in [2.05, 4.69) is 4.98 Å². The summed E-state index contributed by atoms with van der Waals surface area (Å²) in [6.45, 7) is 0. The third kappa shape index (κ3) is 2.47. The summed E-state index contributed by atoms with van der Waals surface area (Å²) in [7, 11) is 0. The zero-order chi connectivity index (χ0) is 14.7. The van der Waals surface area contributed by atoms with Crippen molar-refractivity contribution < 1.29 is 13.2 Å². The average molecular weight is 275 g/mol. The van der Waals surface area contributed by atoms with Crippen LogP contribution in [0, 0.1) is 28.8 Å². The predicted octanol–water partition coefficient (Wildman–Crippen LogP) is 2.85. The van der Waals surface area contributed by atoms with Crippen LogP contribution in [0.4, 0.5) is 13.2 Å². The van der Waals surface area contributed by atoms with Gasteiger partial charge in [0.05, 0.1) is 11.3 Å². The van der Waals surface area contributed by atoms with Gasteiger partial charge in [0.25, 0.3) is 0 Å². The van der Waals surface area contributed by atoms with E-state index in [4.69, 9.17) is 11.0 Å². The zero-order valence-electron chi connectivity index (χ0n) is 10.1. The van der Waals surface area contributed by atoms with Gasteiger partial charge in [-0.15, -0.1) is 0 Å². The van der Waals surface area contributed by atoms with Crippen LogP contribution in [-0.2, 0) is 0 Å². The summed E-state index contributed by atoms with van der Waals surface area (Å²) in [6.07, 6.45) is 2.90. The van der Waals surface area contributed by atoms with Gasteiger partial charge >= 0.3 is 0 Å². The van der Waals surface area contributed by atoms with Gasteiger partial charge < -0.3 is 5.73 Å². The van der Waals surface area contributed by atoms with Crippen LogP contribution in [0.3, 0.4) is 0 Å². The Balaban J connectivity index is 2.61. The molecule has 0 aliphatic carbocycles. The van der Waals surface area contributed by atoms with Crippen molar-refractivity contribution in [2.24, 2.45) is 5.73 Å². The predicted molar refractivity (Wildman–Crippen MR) is 67.2 cm³/mol. The second-order valence-corrected chi connectivity index (χ2v) is 3.90. The number of rotatable bonds is 2. The number of nitriles is 1. The van der Waals surface area contributed by atoms with Gasteiger partial charge in [0.15, 0.2) is 17.5 Å². The number of halogens is 3. The molecule has 0 amide bonds. The summed E-state index contributed by atoms with van der Waals surface area (Å²) in [5.41, 5.74) is 5.88. The lowest BCUT2D eigenvalue weighted by Crippen LogP contribution is -2.03. The van der Waals surface area contributed by atoms with Gasteiger partial charge in [-0.25, -0.2) is 13.2 Å². The number of nitrogens with zero attached hydrogens (tertiary/aromatic N) is 2. The van der Waals surface area contributed by atoms with Crippen molar-refractivity contribution in [1.82, 2.24) is 4.98 Å². The molecule has 20 heavy (non-hydrogen) atoms. The van der Waals surface area contributed by atoms with Gasteiger partial charge in [0.1, 0.15) is 6.07 Å². The average Bonchev–Trinajstić information content (AvgIpc) is 2.46. The van der Waals surface area contributed by atoms with Gasteiger partial charge in [0.2, 0.25) is 0 Å². The molecular formula is C14H8F3N3. The summed E-state index contributed by atoms with van der Waals surface area (Å²) >= 11 is 0. The van der Waals surface area contributed by atoms with E-state index in [0.717, 1.165) is 12.1 Å². The van der Waals surface area contributed by atoms with E-state index >= 15 is 0 Å². The molecule has 6 heteroatoms. The first-order valence-corrected chi connectivity index (χ1v) is 5.49. The fourth-order valence-electron chi connectivity index (χ4n) is 1.65. The second-order valence-electron chi connectivity index (χ2n) is 3.90. The molecule has 0 bridgehead atoms. The molecule has 0 atom stereocenters. The Morgan fingerprint density at radius 3 is 2.30 bits per heavy atom. The third-order valence-electron chi connectivity index (χ3n) is 2.63. The molecule has 1 heterocycles. The molecule has 0 aliphatic rings. The van der Waals surface area contributed by atoms with E-state index in [0.29, 0.717) is 5.56 Å². The van der Waals surface area contributed by atoms with Crippen LogP contribution in [0.5, 0.6) is 0 Å². The second kappa shape index (κ2) is 5.45. The highest BCUT2D eigenvalue weighted by atomic mass is 19.2. The molecule has 2 rings (SSSR count). The lowest BCUT2D eigenvalue weighted by Gasteiger charge is -2.07. The molecule has 0 spiro atoms. The fourth-order valence-corrected chi connectivity index (χ4v) is 1.65. The highest BCUT2D eigenvalue weighted by Gasteiger charge is 2.15. The molecule has 2 aromatic rings. The monoisotopic (exact) mass is 275 g/mol. The lowest BCUT2D eigenvalue weighted by molar-refractivity contribution is 0.446. The van der Waals surface area contributed by atoms with Crippen molar-refractivity contribution in [3.8, 4) is 6.07 Å². The van der Waals surface area contributed by atoms with E-state index in [1.807, 2.05) is 6.07 Å². The third-order valence-corrected chi connectivity index (χ3v) is 2.63. The summed E-state index contributed by atoms with van der Waals surface area (Å²) in [5, 5.41) is 9.13. The molecule has 1 aromatic heterocycles. The maximum atomic E-state index is 13.2. The Bertz CT molecular complexity index is 695. The molecular weight excluding hydrogens is 267 g/mol. The van der Waals surface area contributed by atoms with Crippen molar-refractivity contribution >= 4 is 11.3 Å². The molecule has 0 aliphatic heterocycles. The Kier molecular flexibility index (Phi) is 3.71. The van der Waals surface area contributed by atoms with Crippen LogP contribution in [0.15, 0.2) is 36.7 Å². The van der Waals surface area contributed by atoms with E-state index in [9.17, 15) is 13.2 Å². The van der Waals surface area contributed by atoms with Gasteiger partial charge in [-0.05, 0) is 18.2 Å². The van der Waals surface area contributed by atoms with Crippen molar-refractivity contribution in [1.29, 1.82) is 5.26 Å². The molecule has 0 radical (unpaired) electrons.